The van der Waals surface area contributed by atoms with Crippen molar-refractivity contribution in [2.45, 2.75) is 31.2 Å². The first-order chi connectivity index (χ1) is 12.3. The molecule has 1 unspecified atom stereocenters. The highest BCUT2D eigenvalue weighted by Gasteiger charge is 2.17. The standard InChI is InChI=1S/C18H21BrN2O4S/c1-4-12(2)21-26(23,24)15-8-6-14(7-9-15)20-18(22)16-11-13(19)5-10-17(16)25-3/h5-12,21H,4H2,1-3H3,(H,20,22). The molecule has 1 atom stereocenters. The zero-order chi connectivity index (χ0) is 19.3. The van der Waals surface area contributed by atoms with Crippen molar-refractivity contribution in [2.24, 2.45) is 0 Å². The Labute approximate surface area is 162 Å². The average Bonchev–Trinajstić information content (AvgIpc) is 2.61. The number of rotatable bonds is 7. The van der Waals surface area contributed by atoms with Crippen molar-refractivity contribution in [3.63, 3.8) is 0 Å². The molecule has 0 aliphatic heterocycles. The first-order valence-electron chi connectivity index (χ1n) is 8.04. The van der Waals surface area contributed by atoms with Gasteiger partial charge in [-0.25, -0.2) is 13.1 Å². The van der Waals surface area contributed by atoms with Crippen molar-refractivity contribution < 1.29 is 17.9 Å². The molecule has 0 aliphatic rings. The van der Waals surface area contributed by atoms with Gasteiger partial charge >= 0.3 is 0 Å². The summed E-state index contributed by atoms with van der Waals surface area (Å²) >= 11 is 3.33. The number of carbonyl (C=O) groups excluding carboxylic acids is 1. The summed E-state index contributed by atoms with van der Waals surface area (Å²) < 4.78 is 33.1. The molecule has 0 saturated heterocycles. The summed E-state index contributed by atoms with van der Waals surface area (Å²) in [5.74, 6) is 0.0964. The molecular weight excluding hydrogens is 420 g/mol. The van der Waals surface area contributed by atoms with E-state index in [2.05, 4.69) is 26.0 Å². The summed E-state index contributed by atoms with van der Waals surface area (Å²) in [6.07, 6.45) is 0.696. The summed E-state index contributed by atoms with van der Waals surface area (Å²) in [5.41, 5.74) is 0.858. The molecule has 0 radical (unpaired) electrons. The van der Waals surface area contributed by atoms with Crippen LogP contribution in [-0.2, 0) is 10.0 Å². The number of ether oxygens (including phenoxy) is 1. The van der Waals surface area contributed by atoms with Crippen molar-refractivity contribution in [2.75, 3.05) is 12.4 Å². The van der Waals surface area contributed by atoms with Crippen molar-refractivity contribution in [3.05, 3.63) is 52.5 Å². The highest BCUT2D eigenvalue weighted by atomic mass is 79.9. The summed E-state index contributed by atoms with van der Waals surface area (Å²) in [7, 11) is -2.08. The quantitative estimate of drug-likeness (QED) is 0.685. The SMILES string of the molecule is CCC(C)NS(=O)(=O)c1ccc(NC(=O)c2cc(Br)ccc2OC)cc1. The van der Waals surface area contributed by atoms with Gasteiger partial charge < -0.3 is 10.1 Å². The number of methoxy groups -OCH3 is 1. The number of hydrogen-bond acceptors (Lipinski definition) is 4. The van der Waals surface area contributed by atoms with Crippen LogP contribution in [0.25, 0.3) is 0 Å². The van der Waals surface area contributed by atoms with E-state index in [4.69, 9.17) is 4.74 Å². The second-order valence-electron chi connectivity index (χ2n) is 5.75. The molecule has 2 N–H and O–H groups in total. The van der Waals surface area contributed by atoms with Crippen LogP contribution in [0.15, 0.2) is 51.8 Å². The number of benzene rings is 2. The van der Waals surface area contributed by atoms with Crippen LogP contribution in [0, 0.1) is 0 Å². The third-order valence-electron chi connectivity index (χ3n) is 3.80. The van der Waals surface area contributed by atoms with Crippen molar-refractivity contribution in [1.29, 1.82) is 0 Å². The molecule has 140 valence electrons. The van der Waals surface area contributed by atoms with E-state index >= 15 is 0 Å². The van der Waals surface area contributed by atoms with Gasteiger partial charge in [0.2, 0.25) is 10.0 Å². The fourth-order valence-electron chi connectivity index (χ4n) is 2.19. The Hall–Kier alpha value is -1.90. The van der Waals surface area contributed by atoms with E-state index in [0.29, 0.717) is 23.4 Å². The minimum absolute atomic E-state index is 0.149. The largest absolute Gasteiger partial charge is 0.496 e. The zero-order valence-electron chi connectivity index (χ0n) is 14.7. The van der Waals surface area contributed by atoms with Crippen molar-refractivity contribution in [1.82, 2.24) is 4.72 Å². The maximum Gasteiger partial charge on any atom is 0.259 e. The summed E-state index contributed by atoms with van der Waals surface area (Å²) in [6, 6.07) is 11.0. The number of hydrogen-bond donors (Lipinski definition) is 2. The molecule has 0 saturated carbocycles. The number of halogens is 1. The molecule has 0 aromatic heterocycles. The number of carbonyl (C=O) groups is 1. The molecule has 2 aromatic carbocycles. The van der Waals surface area contributed by atoms with Crippen LogP contribution in [0.1, 0.15) is 30.6 Å². The summed E-state index contributed by atoms with van der Waals surface area (Å²) in [4.78, 5) is 12.6. The van der Waals surface area contributed by atoms with Crippen LogP contribution >= 0.6 is 15.9 Å². The minimum Gasteiger partial charge on any atom is -0.496 e. The maximum atomic E-state index is 12.5. The van der Waals surface area contributed by atoms with Gasteiger partial charge in [0.15, 0.2) is 0 Å². The van der Waals surface area contributed by atoms with Crippen LogP contribution in [0.3, 0.4) is 0 Å². The maximum absolute atomic E-state index is 12.5. The molecule has 1 amide bonds. The van der Waals surface area contributed by atoms with Gasteiger partial charge in [0, 0.05) is 16.2 Å². The molecule has 26 heavy (non-hydrogen) atoms. The highest BCUT2D eigenvalue weighted by Crippen LogP contribution is 2.24. The zero-order valence-corrected chi connectivity index (χ0v) is 17.1. The number of nitrogens with one attached hydrogen (secondary N) is 2. The van der Waals surface area contributed by atoms with Gasteiger partial charge in [-0.15, -0.1) is 0 Å². The number of amides is 1. The lowest BCUT2D eigenvalue weighted by Gasteiger charge is -2.13. The van der Waals surface area contributed by atoms with Gasteiger partial charge in [0.1, 0.15) is 5.75 Å². The second-order valence-corrected chi connectivity index (χ2v) is 8.38. The topological polar surface area (TPSA) is 84.5 Å². The Morgan fingerprint density at radius 1 is 1.19 bits per heavy atom. The lowest BCUT2D eigenvalue weighted by molar-refractivity contribution is 0.102. The third-order valence-corrected chi connectivity index (χ3v) is 5.90. The number of sulfonamides is 1. The Morgan fingerprint density at radius 3 is 2.42 bits per heavy atom. The van der Waals surface area contributed by atoms with Gasteiger partial charge in [0.05, 0.1) is 17.6 Å². The molecule has 6 nitrogen and oxygen atoms in total. The van der Waals surface area contributed by atoms with Gasteiger partial charge in [-0.3, -0.25) is 4.79 Å². The van der Waals surface area contributed by atoms with E-state index in [1.54, 1.807) is 37.3 Å². The molecule has 0 heterocycles. The molecule has 0 aliphatic carbocycles. The predicted molar refractivity (Wildman–Crippen MR) is 105 cm³/mol. The molecule has 0 spiro atoms. The second kappa shape index (κ2) is 8.66. The Morgan fingerprint density at radius 2 is 1.85 bits per heavy atom. The molecule has 8 heteroatoms. The van der Waals surface area contributed by atoms with Crippen LogP contribution in [0.5, 0.6) is 5.75 Å². The third kappa shape index (κ3) is 5.06. The van der Waals surface area contributed by atoms with Gasteiger partial charge in [-0.2, -0.15) is 0 Å². The van der Waals surface area contributed by atoms with E-state index in [-0.39, 0.29) is 16.8 Å². The first kappa shape index (κ1) is 20.4. The van der Waals surface area contributed by atoms with E-state index < -0.39 is 10.0 Å². The molecule has 0 bridgehead atoms. The molecule has 2 aromatic rings. The van der Waals surface area contributed by atoms with Gasteiger partial charge in [0.25, 0.3) is 5.91 Å². The molecular formula is C18H21BrN2O4S. The fourth-order valence-corrected chi connectivity index (χ4v) is 3.88. The molecule has 0 fully saturated rings. The van der Waals surface area contributed by atoms with Crippen LogP contribution < -0.4 is 14.8 Å². The fraction of sp³-hybridized carbons (Fsp3) is 0.278. The average molecular weight is 441 g/mol. The Balaban J connectivity index is 2.17. The predicted octanol–water partition coefficient (Wildman–Crippen LogP) is 3.79. The highest BCUT2D eigenvalue weighted by molar-refractivity contribution is 9.10. The van der Waals surface area contributed by atoms with Crippen LogP contribution in [0.2, 0.25) is 0 Å². The Kier molecular flexibility index (Phi) is 6.80. The van der Waals surface area contributed by atoms with Crippen LogP contribution in [0.4, 0.5) is 5.69 Å². The van der Waals surface area contributed by atoms with Gasteiger partial charge in [-0.05, 0) is 55.8 Å². The van der Waals surface area contributed by atoms with Crippen molar-refractivity contribution >= 4 is 37.5 Å². The lowest BCUT2D eigenvalue weighted by atomic mass is 10.2. The van der Waals surface area contributed by atoms with Crippen molar-refractivity contribution in [3.8, 4) is 5.75 Å². The van der Waals surface area contributed by atoms with E-state index in [9.17, 15) is 13.2 Å². The lowest BCUT2D eigenvalue weighted by Crippen LogP contribution is -2.31. The summed E-state index contributed by atoms with van der Waals surface area (Å²) in [6.45, 7) is 3.71. The van der Waals surface area contributed by atoms with Crippen LogP contribution in [-0.4, -0.2) is 27.5 Å². The first-order valence-corrected chi connectivity index (χ1v) is 10.3. The monoisotopic (exact) mass is 440 g/mol. The van der Waals surface area contributed by atoms with Gasteiger partial charge in [-0.1, -0.05) is 22.9 Å². The van der Waals surface area contributed by atoms with E-state index in [1.165, 1.54) is 19.2 Å². The minimum atomic E-state index is -3.57. The molecule has 2 rings (SSSR count). The Bertz CT molecular complexity index is 883. The summed E-state index contributed by atoms with van der Waals surface area (Å²) in [5, 5.41) is 2.74. The van der Waals surface area contributed by atoms with E-state index in [1.807, 2.05) is 6.92 Å². The van der Waals surface area contributed by atoms with E-state index in [0.717, 1.165) is 4.47 Å². The number of anilines is 1. The smallest absolute Gasteiger partial charge is 0.259 e. The normalized spacial score (nSPS) is 12.5.